The van der Waals surface area contributed by atoms with Crippen molar-refractivity contribution in [3.8, 4) is 33.4 Å². The van der Waals surface area contributed by atoms with Gasteiger partial charge in [0, 0.05) is 31.3 Å². The van der Waals surface area contributed by atoms with E-state index in [-0.39, 0.29) is 0 Å². The molecule has 9 rings (SSSR count). The average Bonchev–Trinajstić information content (AvgIpc) is 3.60. The molecular weight excluding hydrogens is 663 g/mol. The van der Waals surface area contributed by atoms with Gasteiger partial charge in [0.2, 0.25) is 0 Å². The number of benzene rings is 8. The molecule has 0 radical (unpaired) electrons. The molecule has 0 aliphatic rings. The minimum atomic E-state index is 0.425. The summed E-state index contributed by atoms with van der Waals surface area (Å²) in [4.78, 5) is 10.0. The summed E-state index contributed by atoms with van der Waals surface area (Å²) in [6.45, 7) is 0.464. The van der Waals surface area contributed by atoms with Crippen LogP contribution in [0.2, 0.25) is 0 Å². The molecule has 0 fully saturated rings. The van der Waals surface area contributed by atoms with Crippen molar-refractivity contribution in [2.45, 2.75) is 6.54 Å². The number of thiophene rings is 1. The number of hydrogen-bond donors (Lipinski definition) is 1. The molecule has 53 heavy (non-hydrogen) atoms. The first kappa shape index (κ1) is 32.3. The Kier molecular flexibility index (Phi) is 8.64. The number of aliphatic imine (C=N–C) groups is 2. The second kappa shape index (κ2) is 14.2. The lowest BCUT2D eigenvalue weighted by atomic mass is 9.93. The molecular formula is C49H35N3S. The van der Waals surface area contributed by atoms with Crippen LogP contribution in [0.1, 0.15) is 16.7 Å². The van der Waals surface area contributed by atoms with Gasteiger partial charge in [-0.25, -0.2) is 4.99 Å². The van der Waals surface area contributed by atoms with Gasteiger partial charge < -0.3 is 5.73 Å². The summed E-state index contributed by atoms with van der Waals surface area (Å²) >= 11 is 1.86. The molecule has 252 valence electrons. The van der Waals surface area contributed by atoms with Crippen LogP contribution in [0.15, 0.2) is 198 Å². The maximum atomic E-state index is 6.69. The van der Waals surface area contributed by atoms with E-state index in [0.717, 1.165) is 38.9 Å². The number of hydrogen-bond acceptors (Lipinski definition) is 2. The summed E-state index contributed by atoms with van der Waals surface area (Å²) in [6.07, 6.45) is 0. The van der Waals surface area contributed by atoms with Gasteiger partial charge in [0.1, 0.15) is 5.84 Å². The normalized spacial score (nSPS) is 12.2. The highest BCUT2D eigenvalue weighted by molar-refractivity contribution is 7.26. The third-order valence-corrected chi connectivity index (χ3v) is 10.9. The fraction of sp³-hybridized carbons (Fsp3) is 0.0204. The number of nitrogens with two attached hydrogens (primary N) is 1. The van der Waals surface area contributed by atoms with E-state index < -0.39 is 0 Å². The second-order valence-electron chi connectivity index (χ2n) is 13.2. The van der Waals surface area contributed by atoms with Crippen molar-refractivity contribution in [1.82, 2.24) is 0 Å². The topological polar surface area (TPSA) is 50.7 Å². The average molecular weight is 698 g/mol. The van der Waals surface area contributed by atoms with Crippen molar-refractivity contribution in [3.05, 3.63) is 205 Å². The lowest BCUT2D eigenvalue weighted by molar-refractivity contribution is 1.06. The van der Waals surface area contributed by atoms with Crippen molar-refractivity contribution >= 4 is 54.0 Å². The Morgan fingerprint density at radius 2 is 1.00 bits per heavy atom. The third-order valence-electron chi connectivity index (χ3n) is 9.81. The lowest BCUT2D eigenvalue weighted by Gasteiger charge is -2.11. The van der Waals surface area contributed by atoms with E-state index in [4.69, 9.17) is 15.7 Å². The maximum absolute atomic E-state index is 6.69. The molecule has 8 aromatic carbocycles. The van der Waals surface area contributed by atoms with E-state index in [9.17, 15) is 0 Å². The van der Waals surface area contributed by atoms with Gasteiger partial charge in [-0.3, -0.25) is 4.99 Å². The van der Waals surface area contributed by atoms with Gasteiger partial charge in [0.25, 0.3) is 0 Å². The SMILES string of the molecule is NC(=NC(=NCc1ccc(-c2c3ccccc3cc3sc4ccccc4c23)cc1)c1ccc(-c2ccccc2)cc1)c1ccc(-c2ccccc2)cc1. The summed E-state index contributed by atoms with van der Waals surface area (Å²) in [5.74, 6) is 1.02. The van der Waals surface area contributed by atoms with E-state index in [2.05, 4.69) is 152 Å². The highest BCUT2D eigenvalue weighted by Gasteiger charge is 2.15. The standard InChI is InChI=1S/C49H35N3S/c50-48(39-27-23-36(24-28-39)34-11-3-1-4-12-34)52-49(40-29-25-37(26-30-40)35-13-5-2-6-14-35)51-32-33-19-21-38(22-20-33)46-42-16-8-7-15-41(42)31-45-47(46)43-17-9-10-18-44(43)53-45/h1-31H,32H2,(H2,50,51,52). The van der Waals surface area contributed by atoms with E-state index >= 15 is 0 Å². The zero-order valence-corrected chi connectivity index (χ0v) is 29.8. The van der Waals surface area contributed by atoms with Crippen LogP contribution < -0.4 is 5.73 Å². The summed E-state index contributed by atoms with van der Waals surface area (Å²) in [5.41, 5.74) is 16.6. The molecule has 1 aromatic heterocycles. The fourth-order valence-electron chi connectivity index (χ4n) is 7.07. The summed E-state index contributed by atoms with van der Waals surface area (Å²) < 4.78 is 2.61. The molecule has 0 saturated carbocycles. The zero-order valence-electron chi connectivity index (χ0n) is 29.0. The molecule has 3 nitrogen and oxygen atoms in total. The zero-order chi connectivity index (χ0) is 35.6. The van der Waals surface area contributed by atoms with Gasteiger partial charge in [-0.15, -0.1) is 11.3 Å². The molecule has 0 saturated heterocycles. The summed E-state index contributed by atoms with van der Waals surface area (Å²) in [7, 11) is 0. The lowest BCUT2D eigenvalue weighted by Crippen LogP contribution is -2.16. The van der Waals surface area contributed by atoms with Crippen LogP contribution in [-0.2, 0) is 6.54 Å². The highest BCUT2D eigenvalue weighted by Crippen LogP contribution is 2.44. The Morgan fingerprint density at radius 1 is 0.472 bits per heavy atom. The molecule has 0 atom stereocenters. The Morgan fingerprint density at radius 3 is 1.66 bits per heavy atom. The number of rotatable bonds is 7. The van der Waals surface area contributed by atoms with Crippen LogP contribution in [0, 0.1) is 0 Å². The molecule has 9 aromatic rings. The van der Waals surface area contributed by atoms with Gasteiger partial charge in [0.15, 0.2) is 5.84 Å². The van der Waals surface area contributed by atoms with Crippen LogP contribution in [0.3, 0.4) is 0 Å². The number of fused-ring (bicyclic) bond motifs is 4. The van der Waals surface area contributed by atoms with Gasteiger partial charge in [-0.1, -0.05) is 176 Å². The summed E-state index contributed by atoms with van der Waals surface area (Å²) in [6, 6.07) is 65.9. The van der Waals surface area contributed by atoms with Crippen molar-refractivity contribution < 1.29 is 0 Å². The largest absolute Gasteiger partial charge is 0.383 e. The van der Waals surface area contributed by atoms with Gasteiger partial charge in [-0.05, 0) is 61.8 Å². The molecule has 0 aliphatic carbocycles. The Hall–Kier alpha value is -6.62. The summed E-state index contributed by atoms with van der Waals surface area (Å²) in [5, 5.41) is 5.13. The van der Waals surface area contributed by atoms with Gasteiger partial charge in [0.05, 0.1) is 6.54 Å². The number of amidine groups is 2. The van der Waals surface area contributed by atoms with E-state index in [1.54, 1.807) is 0 Å². The molecule has 0 spiro atoms. The molecule has 0 bridgehead atoms. The smallest absolute Gasteiger partial charge is 0.157 e. The maximum Gasteiger partial charge on any atom is 0.157 e. The van der Waals surface area contributed by atoms with Crippen molar-refractivity contribution in [2.24, 2.45) is 15.7 Å². The van der Waals surface area contributed by atoms with E-state index in [0.29, 0.717) is 18.2 Å². The highest BCUT2D eigenvalue weighted by atomic mass is 32.1. The van der Waals surface area contributed by atoms with E-state index in [1.807, 2.05) is 47.7 Å². The molecule has 4 heteroatoms. The molecule has 0 aliphatic heterocycles. The van der Waals surface area contributed by atoms with Crippen LogP contribution in [0.5, 0.6) is 0 Å². The Balaban J connectivity index is 1.07. The molecule has 0 amide bonds. The van der Waals surface area contributed by atoms with Gasteiger partial charge in [-0.2, -0.15) is 0 Å². The van der Waals surface area contributed by atoms with Crippen LogP contribution in [-0.4, -0.2) is 11.7 Å². The predicted octanol–water partition coefficient (Wildman–Crippen LogP) is 12.6. The predicted molar refractivity (Wildman–Crippen MR) is 227 cm³/mol. The molecule has 1 heterocycles. The minimum Gasteiger partial charge on any atom is -0.383 e. The first-order chi connectivity index (χ1) is 26.2. The fourth-order valence-corrected chi connectivity index (χ4v) is 8.23. The molecule has 0 unspecified atom stereocenters. The first-order valence-electron chi connectivity index (χ1n) is 17.8. The van der Waals surface area contributed by atoms with Gasteiger partial charge >= 0.3 is 0 Å². The Labute approximate surface area is 313 Å². The minimum absolute atomic E-state index is 0.425. The third kappa shape index (κ3) is 6.53. The van der Waals surface area contributed by atoms with Crippen molar-refractivity contribution in [1.29, 1.82) is 0 Å². The van der Waals surface area contributed by atoms with Crippen LogP contribution in [0.25, 0.3) is 64.3 Å². The van der Waals surface area contributed by atoms with E-state index in [1.165, 1.54) is 42.1 Å². The van der Waals surface area contributed by atoms with Crippen LogP contribution >= 0.6 is 11.3 Å². The van der Waals surface area contributed by atoms with Crippen LogP contribution in [0.4, 0.5) is 0 Å². The second-order valence-corrected chi connectivity index (χ2v) is 14.2. The number of nitrogens with zero attached hydrogens (tertiary/aromatic N) is 2. The Bertz CT molecular complexity index is 2760. The monoisotopic (exact) mass is 697 g/mol. The quantitative estimate of drug-likeness (QED) is 0.131. The first-order valence-corrected chi connectivity index (χ1v) is 18.6. The van der Waals surface area contributed by atoms with Crippen molar-refractivity contribution in [3.63, 3.8) is 0 Å². The molecule has 2 N–H and O–H groups in total. The van der Waals surface area contributed by atoms with Crippen molar-refractivity contribution in [2.75, 3.05) is 0 Å².